The molecule has 0 unspecified atom stereocenters. The van der Waals surface area contributed by atoms with Crippen LogP contribution in [0.5, 0.6) is 0 Å². The summed E-state index contributed by atoms with van der Waals surface area (Å²) in [6, 6.07) is 14.1. The maximum Gasteiger partial charge on any atom is 0.253 e. The predicted octanol–water partition coefficient (Wildman–Crippen LogP) is 1.82. The number of H-pyrrole nitrogens is 1. The molecule has 2 aliphatic rings. The van der Waals surface area contributed by atoms with Gasteiger partial charge in [-0.3, -0.25) is 4.79 Å². The van der Waals surface area contributed by atoms with Crippen LogP contribution < -0.4 is 0 Å². The zero-order valence-electron chi connectivity index (χ0n) is 16.3. The molecule has 30 heavy (non-hydrogen) atoms. The molecule has 2 aliphatic heterocycles. The van der Waals surface area contributed by atoms with Gasteiger partial charge < -0.3 is 14.6 Å². The SMILES string of the molecule is O=C(c1ccc(S(=O)(=O)N2CCOCC2)cc1)N1CC(c2nc3ccccc3[nH]2)C1. The van der Waals surface area contributed by atoms with Crippen molar-refractivity contribution in [1.29, 1.82) is 0 Å². The molecular weight excluding hydrogens is 404 g/mol. The second-order valence-corrected chi connectivity index (χ2v) is 9.53. The highest BCUT2D eigenvalue weighted by molar-refractivity contribution is 7.89. The number of morpholine rings is 1. The van der Waals surface area contributed by atoms with Crippen LogP contribution in [0.1, 0.15) is 22.1 Å². The number of benzene rings is 2. The molecule has 2 fully saturated rings. The fourth-order valence-corrected chi connectivity index (χ4v) is 5.28. The molecule has 156 valence electrons. The van der Waals surface area contributed by atoms with E-state index in [1.54, 1.807) is 17.0 Å². The van der Waals surface area contributed by atoms with Crippen LogP contribution in [0.3, 0.4) is 0 Å². The van der Waals surface area contributed by atoms with Crippen molar-refractivity contribution in [2.75, 3.05) is 39.4 Å². The summed E-state index contributed by atoms with van der Waals surface area (Å²) in [7, 11) is -3.56. The molecule has 0 saturated carbocycles. The summed E-state index contributed by atoms with van der Waals surface area (Å²) in [5.74, 6) is 0.979. The van der Waals surface area contributed by atoms with E-state index in [0.29, 0.717) is 45.0 Å². The Balaban J connectivity index is 1.25. The number of nitrogens with zero attached hydrogens (tertiary/aromatic N) is 3. The minimum absolute atomic E-state index is 0.0994. The molecule has 1 amide bonds. The number of fused-ring (bicyclic) bond motifs is 1. The van der Waals surface area contributed by atoms with Gasteiger partial charge >= 0.3 is 0 Å². The van der Waals surface area contributed by atoms with Gasteiger partial charge in [0.05, 0.1) is 35.1 Å². The van der Waals surface area contributed by atoms with E-state index < -0.39 is 10.0 Å². The number of carbonyl (C=O) groups is 1. The molecule has 5 rings (SSSR count). The van der Waals surface area contributed by atoms with E-state index in [0.717, 1.165) is 16.9 Å². The minimum Gasteiger partial charge on any atom is -0.379 e. The summed E-state index contributed by atoms with van der Waals surface area (Å²) < 4.78 is 32.1. The summed E-state index contributed by atoms with van der Waals surface area (Å²) >= 11 is 0. The van der Waals surface area contributed by atoms with Gasteiger partial charge in [-0.1, -0.05) is 12.1 Å². The average Bonchev–Trinajstić information content (AvgIpc) is 3.17. The second kappa shape index (κ2) is 7.50. The number of likely N-dealkylation sites (tertiary alicyclic amines) is 1. The molecule has 3 aromatic rings. The first-order valence-corrected chi connectivity index (χ1v) is 11.4. The maximum atomic E-state index is 12.8. The number of imidazole rings is 1. The molecule has 9 heteroatoms. The number of ether oxygens (including phenoxy) is 1. The minimum atomic E-state index is -3.56. The Morgan fingerprint density at radius 1 is 1.03 bits per heavy atom. The van der Waals surface area contributed by atoms with E-state index in [4.69, 9.17) is 4.74 Å². The zero-order valence-corrected chi connectivity index (χ0v) is 17.1. The van der Waals surface area contributed by atoms with Gasteiger partial charge in [-0.25, -0.2) is 13.4 Å². The normalized spacial score (nSPS) is 18.5. The first-order chi connectivity index (χ1) is 14.5. The lowest BCUT2D eigenvalue weighted by Crippen LogP contribution is -2.48. The van der Waals surface area contributed by atoms with Crippen molar-refractivity contribution in [2.45, 2.75) is 10.8 Å². The standard InChI is InChI=1S/C21H22N4O4S/c26-21(24-13-16(14-24)20-22-18-3-1-2-4-19(18)23-20)15-5-7-17(8-6-15)30(27,28)25-9-11-29-12-10-25/h1-8,16H,9-14H2,(H,22,23). The van der Waals surface area contributed by atoms with E-state index in [9.17, 15) is 13.2 Å². The van der Waals surface area contributed by atoms with Crippen molar-refractivity contribution in [3.8, 4) is 0 Å². The Bertz CT molecular complexity index is 1140. The number of sulfonamides is 1. The third kappa shape index (κ3) is 3.38. The van der Waals surface area contributed by atoms with Crippen LogP contribution in [0.2, 0.25) is 0 Å². The quantitative estimate of drug-likeness (QED) is 0.687. The van der Waals surface area contributed by atoms with Crippen LogP contribution in [0.4, 0.5) is 0 Å². The van der Waals surface area contributed by atoms with Gasteiger partial charge in [0.2, 0.25) is 10.0 Å². The van der Waals surface area contributed by atoms with Crippen molar-refractivity contribution in [3.05, 3.63) is 59.9 Å². The Morgan fingerprint density at radius 3 is 2.43 bits per heavy atom. The number of hydrogen-bond acceptors (Lipinski definition) is 5. The summed E-state index contributed by atoms with van der Waals surface area (Å²) in [5, 5.41) is 0. The monoisotopic (exact) mass is 426 g/mol. The molecule has 0 atom stereocenters. The highest BCUT2D eigenvalue weighted by atomic mass is 32.2. The van der Waals surface area contributed by atoms with Crippen LogP contribution in [0, 0.1) is 0 Å². The fraction of sp³-hybridized carbons (Fsp3) is 0.333. The van der Waals surface area contributed by atoms with Gasteiger partial charge in [0, 0.05) is 31.7 Å². The van der Waals surface area contributed by atoms with Crippen molar-refractivity contribution in [3.63, 3.8) is 0 Å². The summed E-state index contributed by atoms with van der Waals surface area (Å²) in [6.45, 7) is 2.67. The molecule has 2 aromatic carbocycles. The van der Waals surface area contributed by atoms with Crippen LogP contribution in [0.25, 0.3) is 11.0 Å². The number of carbonyl (C=O) groups excluding carboxylic acids is 1. The number of aromatic amines is 1. The molecular formula is C21H22N4O4S. The topological polar surface area (TPSA) is 95.6 Å². The van der Waals surface area contributed by atoms with E-state index in [2.05, 4.69) is 9.97 Å². The fourth-order valence-electron chi connectivity index (χ4n) is 3.87. The molecule has 0 radical (unpaired) electrons. The van der Waals surface area contributed by atoms with Gasteiger partial charge in [0.15, 0.2) is 0 Å². The summed E-state index contributed by atoms with van der Waals surface area (Å²) in [5.41, 5.74) is 2.41. The maximum absolute atomic E-state index is 12.8. The van der Waals surface area contributed by atoms with Crippen molar-refractivity contribution in [2.24, 2.45) is 0 Å². The van der Waals surface area contributed by atoms with Crippen LogP contribution in [0.15, 0.2) is 53.4 Å². The molecule has 8 nitrogen and oxygen atoms in total. The van der Waals surface area contributed by atoms with Gasteiger partial charge in [0.25, 0.3) is 5.91 Å². The number of aromatic nitrogens is 2. The van der Waals surface area contributed by atoms with Gasteiger partial charge in [-0.15, -0.1) is 0 Å². The van der Waals surface area contributed by atoms with Crippen LogP contribution >= 0.6 is 0 Å². The van der Waals surface area contributed by atoms with Crippen LogP contribution in [-0.2, 0) is 14.8 Å². The zero-order chi connectivity index (χ0) is 20.7. The summed E-state index contributed by atoms with van der Waals surface area (Å²) in [4.78, 5) is 22.6. The van der Waals surface area contributed by atoms with Crippen molar-refractivity contribution < 1.29 is 17.9 Å². The van der Waals surface area contributed by atoms with Crippen molar-refractivity contribution >= 4 is 27.0 Å². The Hall–Kier alpha value is -2.75. The lowest BCUT2D eigenvalue weighted by molar-refractivity contribution is 0.0595. The highest BCUT2D eigenvalue weighted by Gasteiger charge is 2.34. The van der Waals surface area contributed by atoms with E-state index in [1.165, 1.54) is 16.4 Å². The largest absolute Gasteiger partial charge is 0.379 e. The summed E-state index contributed by atoms with van der Waals surface area (Å²) in [6.07, 6.45) is 0. The van der Waals surface area contributed by atoms with E-state index >= 15 is 0 Å². The Kier molecular flexibility index (Phi) is 4.80. The first kappa shape index (κ1) is 19.2. The Labute approximate surface area is 174 Å². The lowest BCUT2D eigenvalue weighted by atomic mass is 9.98. The number of hydrogen-bond donors (Lipinski definition) is 1. The van der Waals surface area contributed by atoms with Gasteiger partial charge in [-0.2, -0.15) is 4.31 Å². The predicted molar refractivity (Wildman–Crippen MR) is 111 cm³/mol. The number of amides is 1. The molecule has 0 bridgehead atoms. The smallest absolute Gasteiger partial charge is 0.253 e. The molecule has 3 heterocycles. The number of rotatable bonds is 4. The number of para-hydroxylation sites is 2. The van der Waals surface area contributed by atoms with E-state index in [-0.39, 0.29) is 16.7 Å². The molecule has 1 N–H and O–H groups in total. The van der Waals surface area contributed by atoms with Crippen LogP contribution in [-0.4, -0.2) is 72.9 Å². The molecule has 0 aliphatic carbocycles. The van der Waals surface area contributed by atoms with Crippen molar-refractivity contribution in [1.82, 2.24) is 19.2 Å². The van der Waals surface area contributed by atoms with Gasteiger partial charge in [-0.05, 0) is 36.4 Å². The molecule has 2 saturated heterocycles. The third-order valence-electron chi connectivity index (χ3n) is 5.67. The first-order valence-electron chi connectivity index (χ1n) is 9.94. The van der Waals surface area contributed by atoms with Gasteiger partial charge in [0.1, 0.15) is 5.82 Å². The molecule has 1 aromatic heterocycles. The highest BCUT2D eigenvalue weighted by Crippen LogP contribution is 2.28. The van der Waals surface area contributed by atoms with E-state index in [1.807, 2.05) is 24.3 Å². The third-order valence-corrected chi connectivity index (χ3v) is 7.59. The Morgan fingerprint density at radius 2 is 1.73 bits per heavy atom. The average molecular weight is 426 g/mol. The second-order valence-electron chi connectivity index (χ2n) is 7.59. The number of nitrogens with one attached hydrogen (secondary N) is 1. The molecule has 0 spiro atoms. The lowest BCUT2D eigenvalue weighted by Gasteiger charge is -2.38.